The third-order valence-corrected chi connectivity index (χ3v) is 5.38. The van der Waals surface area contributed by atoms with E-state index in [1.807, 2.05) is 36.4 Å². The van der Waals surface area contributed by atoms with Crippen LogP contribution in [0.4, 0.5) is 5.69 Å². The molecule has 0 radical (unpaired) electrons. The lowest BCUT2D eigenvalue weighted by Crippen LogP contribution is -2.38. The molecule has 0 saturated heterocycles. The van der Waals surface area contributed by atoms with E-state index in [-0.39, 0.29) is 0 Å². The summed E-state index contributed by atoms with van der Waals surface area (Å²) in [7, 11) is 3.36. The number of hydrogen-bond acceptors (Lipinski definition) is 3. The maximum absolute atomic E-state index is 5.78. The first-order chi connectivity index (χ1) is 13.7. The molecule has 1 aliphatic rings. The fourth-order valence-corrected chi connectivity index (χ4v) is 3.64. The van der Waals surface area contributed by atoms with Crippen LogP contribution in [0.15, 0.2) is 60.7 Å². The molecule has 0 aliphatic heterocycles. The number of allylic oxidation sites excluding steroid dienone is 2. The summed E-state index contributed by atoms with van der Waals surface area (Å²) in [5.74, 6) is 2.33. The fraction of sp³-hybridized carbons (Fsp3) is 0.348. The van der Waals surface area contributed by atoms with Crippen molar-refractivity contribution in [2.75, 3.05) is 26.1 Å². The first-order valence-electron chi connectivity index (χ1n) is 9.66. The van der Waals surface area contributed by atoms with Gasteiger partial charge in [0.05, 0.1) is 14.2 Å². The molecule has 2 aromatic rings. The first-order valence-corrected chi connectivity index (χ1v) is 10.1. The summed E-state index contributed by atoms with van der Waals surface area (Å²) < 4.78 is 10.5. The highest BCUT2D eigenvalue weighted by atomic mass is 32.1. The van der Waals surface area contributed by atoms with Gasteiger partial charge in [-0.15, -0.1) is 0 Å². The third kappa shape index (κ3) is 5.73. The lowest BCUT2D eigenvalue weighted by Gasteiger charge is -2.31. The molecule has 1 atom stereocenters. The first kappa shape index (κ1) is 20.2. The van der Waals surface area contributed by atoms with Gasteiger partial charge in [-0.2, -0.15) is 0 Å². The minimum absolute atomic E-state index is 0.624. The van der Waals surface area contributed by atoms with E-state index < -0.39 is 0 Å². The number of rotatable bonds is 7. The van der Waals surface area contributed by atoms with Gasteiger partial charge in [-0.05, 0) is 79.4 Å². The van der Waals surface area contributed by atoms with Crippen molar-refractivity contribution in [3.8, 4) is 11.5 Å². The lowest BCUT2D eigenvalue weighted by atomic mass is 9.94. The number of methoxy groups -OCH3 is 2. The van der Waals surface area contributed by atoms with Gasteiger partial charge in [0.25, 0.3) is 0 Å². The van der Waals surface area contributed by atoms with Crippen LogP contribution in [0.2, 0.25) is 0 Å². The van der Waals surface area contributed by atoms with Crippen molar-refractivity contribution in [3.63, 3.8) is 0 Å². The Morgan fingerprint density at radius 1 is 1.00 bits per heavy atom. The smallest absolute Gasteiger partial charge is 0.173 e. The summed E-state index contributed by atoms with van der Waals surface area (Å²) in [5, 5.41) is 4.13. The Kier molecular flexibility index (Phi) is 7.31. The number of benzene rings is 2. The summed E-state index contributed by atoms with van der Waals surface area (Å²) >= 11 is 5.78. The van der Waals surface area contributed by atoms with Crippen LogP contribution in [0, 0.1) is 5.92 Å². The molecule has 0 bridgehead atoms. The number of hydrogen-bond donors (Lipinski definition) is 1. The van der Waals surface area contributed by atoms with Crippen LogP contribution in [0.25, 0.3) is 0 Å². The lowest BCUT2D eigenvalue weighted by molar-refractivity contribution is 0.319. The largest absolute Gasteiger partial charge is 0.497 e. The molecule has 0 amide bonds. The quantitative estimate of drug-likeness (QED) is 0.510. The van der Waals surface area contributed by atoms with Gasteiger partial charge < -0.3 is 19.7 Å². The Morgan fingerprint density at radius 2 is 1.64 bits per heavy atom. The van der Waals surface area contributed by atoms with Gasteiger partial charge in [0.2, 0.25) is 0 Å². The van der Waals surface area contributed by atoms with E-state index in [0.29, 0.717) is 5.92 Å². The summed E-state index contributed by atoms with van der Waals surface area (Å²) in [6.45, 7) is 1.71. The third-order valence-electron chi connectivity index (χ3n) is 5.02. The zero-order valence-electron chi connectivity index (χ0n) is 16.6. The Balaban J connectivity index is 1.71. The predicted molar refractivity (Wildman–Crippen MR) is 119 cm³/mol. The Bertz CT molecular complexity index is 787. The highest BCUT2D eigenvalue weighted by molar-refractivity contribution is 7.80. The van der Waals surface area contributed by atoms with Crippen molar-refractivity contribution in [1.29, 1.82) is 0 Å². The zero-order chi connectivity index (χ0) is 19.8. The van der Waals surface area contributed by atoms with Crippen molar-refractivity contribution < 1.29 is 9.47 Å². The Morgan fingerprint density at radius 3 is 2.21 bits per heavy atom. The number of nitrogens with zero attached hydrogens (tertiary/aromatic N) is 1. The van der Waals surface area contributed by atoms with E-state index in [4.69, 9.17) is 21.7 Å². The number of anilines is 1. The molecule has 0 saturated carbocycles. The number of ether oxygens (including phenoxy) is 2. The molecule has 148 valence electrons. The molecule has 3 rings (SSSR count). The minimum Gasteiger partial charge on any atom is -0.497 e. The summed E-state index contributed by atoms with van der Waals surface area (Å²) in [6.07, 6.45) is 8.04. The number of thiocarbonyl (C=S) groups is 1. The van der Waals surface area contributed by atoms with Gasteiger partial charge in [0.1, 0.15) is 11.5 Å². The van der Waals surface area contributed by atoms with E-state index >= 15 is 0 Å². The summed E-state index contributed by atoms with van der Waals surface area (Å²) in [5.41, 5.74) is 2.18. The fourth-order valence-electron chi connectivity index (χ4n) is 3.38. The van der Waals surface area contributed by atoms with Crippen molar-refractivity contribution >= 4 is 23.0 Å². The van der Waals surface area contributed by atoms with E-state index in [9.17, 15) is 0 Å². The molecular weight excluding hydrogens is 368 g/mol. The van der Waals surface area contributed by atoms with Gasteiger partial charge >= 0.3 is 0 Å². The van der Waals surface area contributed by atoms with E-state index in [0.717, 1.165) is 48.2 Å². The molecule has 1 unspecified atom stereocenters. The second-order valence-electron chi connectivity index (χ2n) is 7.04. The molecule has 4 nitrogen and oxygen atoms in total. The Hall–Kier alpha value is -2.53. The summed E-state index contributed by atoms with van der Waals surface area (Å²) in [4.78, 5) is 2.27. The van der Waals surface area contributed by atoms with E-state index in [1.165, 1.54) is 12.0 Å². The van der Waals surface area contributed by atoms with Crippen LogP contribution in [-0.4, -0.2) is 30.8 Å². The van der Waals surface area contributed by atoms with Gasteiger partial charge in [0, 0.05) is 18.8 Å². The van der Waals surface area contributed by atoms with Crippen LogP contribution in [0.1, 0.15) is 24.8 Å². The van der Waals surface area contributed by atoms with Gasteiger partial charge in [-0.1, -0.05) is 24.3 Å². The van der Waals surface area contributed by atoms with Crippen LogP contribution < -0.4 is 14.8 Å². The molecule has 1 aliphatic carbocycles. The number of nitrogens with one attached hydrogen (secondary N) is 1. The molecule has 0 heterocycles. The second kappa shape index (κ2) is 10.1. The molecular formula is C23H28N2O2S. The molecule has 0 aromatic heterocycles. The Labute approximate surface area is 173 Å². The molecule has 0 fully saturated rings. The SMILES string of the molecule is COc1ccc(CN(CC2CC=CCC2)C(=S)Nc2ccc(OC)cc2)cc1. The maximum atomic E-state index is 5.78. The molecule has 2 aromatic carbocycles. The molecule has 1 N–H and O–H groups in total. The highest BCUT2D eigenvalue weighted by Crippen LogP contribution is 2.22. The molecule has 5 heteroatoms. The average molecular weight is 397 g/mol. The molecule has 0 spiro atoms. The zero-order valence-corrected chi connectivity index (χ0v) is 17.4. The highest BCUT2D eigenvalue weighted by Gasteiger charge is 2.18. The van der Waals surface area contributed by atoms with Crippen LogP contribution in [0.3, 0.4) is 0 Å². The molecule has 28 heavy (non-hydrogen) atoms. The maximum Gasteiger partial charge on any atom is 0.173 e. The van der Waals surface area contributed by atoms with Crippen LogP contribution in [-0.2, 0) is 6.54 Å². The minimum atomic E-state index is 0.624. The van der Waals surface area contributed by atoms with Crippen molar-refractivity contribution in [3.05, 3.63) is 66.2 Å². The van der Waals surface area contributed by atoms with Crippen LogP contribution >= 0.6 is 12.2 Å². The van der Waals surface area contributed by atoms with E-state index in [1.54, 1.807) is 14.2 Å². The van der Waals surface area contributed by atoms with Crippen LogP contribution in [0.5, 0.6) is 11.5 Å². The second-order valence-corrected chi connectivity index (χ2v) is 7.42. The van der Waals surface area contributed by atoms with Crippen molar-refractivity contribution in [2.45, 2.75) is 25.8 Å². The van der Waals surface area contributed by atoms with Crippen molar-refractivity contribution in [2.24, 2.45) is 5.92 Å². The standard InChI is InChI=1S/C23H28N2O2S/c1-26-21-12-8-19(9-13-21)17-25(16-18-6-4-3-5-7-18)23(28)24-20-10-14-22(27-2)15-11-20/h3-4,8-15,18H,5-7,16-17H2,1-2H3,(H,24,28). The average Bonchev–Trinajstić information content (AvgIpc) is 2.75. The normalized spacial score (nSPS) is 15.7. The monoisotopic (exact) mass is 396 g/mol. The van der Waals surface area contributed by atoms with Crippen molar-refractivity contribution in [1.82, 2.24) is 4.90 Å². The van der Waals surface area contributed by atoms with E-state index in [2.05, 4.69) is 34.5 Å². The van der Waals surface area contributed by atoms with Gasteiger partial charge in [-0.3, -0.25) is 0 Å². The van der Waals surface area contributed by atoms with Gasteiger partial charge in [0.15, 0.2) is 5.11 Å². The topological polar surface area (TPSA) is 33.7 Å². The summed E-state index contributed by atoms with van der Waals surface area (Å²) in [6, 6.07) is 16.0. The van der Waals surface area contributed by atoms with Gasteiger partial charge in [-0.25, -0.2) is 0 Å². The predicted octanol–water partition coefficient (Wildman–Crippen LogP) is 5.26.